The van der Waals surface area contributed by atoms with Gasteiger partial charge in [0.1, 0.15) is 0 Å². The predicted octanol–water partition coefficient (Wildman–Crippen LogP) is 2.27. The van der Waals surface area contributed by atoms with Crippen molar-refractivity contribution in [2.75, 3.05) is 6.54 Å². The van der Waals surface area contributed by atoms with Gasteiger partial charge in [0.2, 0.25) is 5.91 Å². The summed E-state index contributed by atoms with van der Waals surface area (Å²) in [6.45, 7) is 2.90. The second-order valence-corrected chi connectivity index (χ2v) is 4.92. The maximum Gasteiger partial charge on any atom is 0.220 e. The van der Waals surface area contributed by atoms with Crippen LogP contribution in [-0.4, -0.2) is 18.5 Å². The number of rotatable bonds is 4. The van der Waals surface area contributed by atoms with Gasteiger partial charge in [0.15, 0.2) is 0 Å². The first kappa shape index (κ1) is 12.4. The van der Waals surface area contributed by atoms with Crippen molar-refractivity contribution in [3.63, 3.8) is 0 Å². The molecule has 1 amide bonds. The maximum absolute atomic E-state index is 11.1. The largest absolute Gasteiger partial charge is 0.352 e. The van der Waals surface area contributed by atoms with Gasteiger partial charge >= 0.3 is 0 Å². The molecule has 2 rings (SSSR count). The van der Waals surface area contributed by atoms with Crippen molar-refractivity contribution in [1.82, 2.24) is 10.6 Å². The van der Waals surface area contributed by atoms with Crippen LogP contribution in [0.1, 0.15) is 31.4 Å². The summed E-state index contributed by atoms with van der Waals surface area (Å²) in [4.78, 5) is 11.1. The lowest BCUT2D eigenvalue weighted by atomic mass is 10.1. The maximum atomic E-state index is 11.1. The molecule has 1 aliphatic rings. The highest BCUT2D eigenvalue weighted by molar-refractivity contribution is 6.30. The monoisotopic (exact) mass is 252 g/mol. The molecule has 0 radical (unpaired) electrons. The number of carbonyl (C=O) groups is 1. The second-order valence-electron chi connectivity index (χ2n) is 4.49. The van der Waals surface area contributed by atoms with E-state index in [1.54, 1.807) is 0 Å². The minimum absolute atomic E-state index is 0.159. The van der Waals surface area contributed by atoms with Crippen LogP contribution in [0.15, 0.2) is 24.3 Å². The molecular formula is C13H17ClN2O. The van der Waals surface area contributed by atoms with Gasteiger partial charge in [0.25, 0.3) is 0 Å². The van der Waals surface area contributed by atoms with Crippen molar-refractivity contribution in [1.29, 1.82) is 0 Å². The third-order valence-electron chi connectivity index (χ3n) is 3.10. The van der Waals surface area contributed by atoms with Gasteiger partial charge in [-0.2, -0.15) is 0 Å². The van der Waals surface area contributed by atoms with Crippen molar-refractivity contribution < 1.29 is 4.79 Å². The third kappa shape index (κ3) is 3.45. The molecule has 1 aliphatic heterocycles. The van der Waals surface area contributed by atoms with Crippen LogP contribution < -0.4 is 10.6 Å². The lowest BCUT2D eigenvalue weighted by Gasteiger charge is -2.17. The van der Waals surface area contributed by atoms with E-state index in [4.69, 9.17) is 11.6 Å². The van der Waals surface area contributed by atoms with Crippen molar-refractivity contribution >= 4 is 17.5 Å². The van der Waals surface area contributed by atoms with Crippen LogP contribution in [0.5, 0.6) is 0 Å². The van der Waals surface area contributed by atoms with E-state index in [0.717, 1.165) is 18.0 Å². The SMILES string of the molecule is C[C@H](NCC1CCC(=O)N1)c1cccc(Cl)c1. The first-order valence-electron chi connectivity index (χ1n) is 5.93. The molecule has 0 saturated carbocycles. The second kappa shape index (κ2) is 5.52. The van der Waals surface area contributed by atoms with Crippen LogP contribution in [0, 0.1) is 0 Å². The summed E-state index contributed by atoms with van der Waals surface area (Å²) < 4.78 is 0. The fraction of sp³-hybridized carbons (Fsp3) is 0.462. The van der Waals surface area contributed by atoms with E-state index < -0.39 is 0 Å². The molecule has 0 aromatic heterocycles. The van der Waals surface area contributed by atoms with E-state index in [9.17, 15) is 4.79 Å². The van der Waals surface area contributed by atoms with E-state index in [1.165, 1.54) is 5.56 Å². The molecule has 4 heteroatoms. The summed E-state index contributed by atoms with van der Waals surface area (Å²) in [7, 11) is 0. The van der Waals surface area contributed by atoms with E-state index in [0.29, 0.717) is 6.42 Å². The summed E-state index contributed by atoms with van der Waals surface area (Å²) in [6, 6.07) is 8.35. The van der Waals surface area contributed by atoms with Crippen molar-refractivity contribution in [3.05, 3.63) is 34.9 Å². The topological polar surface area (TPSA) is 41.1 Å². The Kier molecular flexibility index (Phi) is 4.02. The Labute approximate surface area is 107 Å². The van der Waals surface area contributed by atoms with Gasteiger partial charge in [-0.3, -0.25) is 4.79 Å². The molecule has 17 heavy (non-hydrogen) atoms. The Hall–Kier alpha value is -1.06. The number of halogens is 1. The molecule has 1 fully saturated rings. The Morgan fingerprint density at radius 3 is 3.06 bits per heavy atom. The third-order valence-corrected chi connectivity index (χ3v) is 3.34. The van der Waals surface area contributed by atoms with E-state index in [1.807, 2.05) is 18.2 Å². The number of benzene rings is 1. The number of hydrogen-bond donors (Lipinski definition) is 2. The number of carbonyl (C=O) groups excluding carboxylic acids is 1. The molecule has 1 aromatic carbocycles. The standard InChI is InChI=1S/C13H17ClN2O/c1-9(10-3-2-4-11(14)7-10)15-8-12-5-6-13(17)16-12/h2-4,7,9,12,15H,5-6,8H2,1H3,(H,16,17)/t9-,12?/m0/s1. The zero-order valence-corrected chi connectivity index (χ0v) is 10.6. The minimum Gasteiger partial charge on any atom is -0.352 e. The van der Waals surface area contributed by atoms with E-state index >= 15 is 0 Å². The van der Waals surface area contributed by atoms with Crippen molar-refractivity contribution in [2.24, 2.45) is 0 Å². The molecule has 2 N–H and O–H groups in total. The Bertz CT molecular complexity index is 408. The van der Waals surface area contributed by atoms with Crippen LogP contribution in [-0.2, 0) is 4.79 Å². The first-order valence-corrected chi connectivity index (χ1v) is 6.31. The zero-order chi connectivity index (χ0) is 12.3. The van der Waals surface area contributed by atoms with Crippen LogP contribution in [0.25, 0.3) is 0 Å². The highest BCUT2D eigenvalue weighted by Gasteiger charge is 2.20. The summed E-state index contributed by atoms with van der Waals surface area (Å²) in [5, 5.41) is 7.11. The van der Waals surface area contributed by atoms with Gasteiger partial charge in [-0.25, -0.2) is 0 Å². The zero-order valence-electron chi connectivity index (χ0n) is 9.87. The number of hydrogen-bond acceptors (Lipinski definition) is 2. The molecule has 2 atom stereocenters. The molecule has 92 valence electrons. The summed E-state index contributed by atoms with van der Waals surface area (Å²) in [6.07, 6.45) is 1.58. The fourth-order valence-electron chi connectivity index (χ4n) is 2.04. The van der Waals surface area contributed by atoms with Gasteiger partial charge in [0, 0.05) is 30.1 Å². The summed E-state index contributed by atoms with van der Waals surface area (Å²) >= 11 is 5.95. The van der Waals surface area contributed by atoms with Crippen molar-refractivity contribution in [3.8, 4) is 0 Å². The highest BCUT2D eigenvalue weighted by atomic mass is 35.5. The van der Waals surface area contributed by atoms with Gasteiger partial charge < -0.3 is 10.6 Å². The Balaban J connectivity index is 1.85. The summed E-state index contributed by atoms with van der Waals surface area (Å²) in [5.41, 5.74) is 1.17. The fourth-order valence-corrected chi connectivity index (χ4v) is 2.24. The number of nitrogens with one attached hydrogen (secondary N) is 2. The molecule has 1 saturated heterocycles. The molecular weight excluding hydrogens is 236 g/mol. The van der Waals surface area contributed by atoms with Gasteiger partial charge in [0.05, 0.1) is 0 Å². The normalized spacial score (nSPS) is 21.3. The summed E-state index contributed by atoms with van der Waals surface area (Å²) in [5.74, 6) is 0.159. The smallest absolute Gasteiger partial charge is 0.220 e. The number of amides is 1. The predicted molar refractivity (Wildman–Crippen MR) is 69.0 cm³/mol. The van der Waals surface area contributed by atoms with Crippen molar-refractivity contribution in [2.45, 2.75) is 31.8 Å². The van der Waals surface area contributed by atoms with Crippen LogP contribution in [0.2, 0.25) is 5.02 Å². The van der Waals surface area contributed by atoms with Gasteiger partial charge in [-0.05, 0) is 31.0 Å². The quantitative estimate of drug-likeness (QED) is 0.863. The lowest BCUT2D eigenvalue weighted by molar-refractivity contribution is -0.119. The molecule has 3 nitrogen and oxygen atoms in total. The molecule has 0 bridgehead atoms. The molecule has 1 heterocycles. The van der Waals surface area contributed by atoms with Crippen LogP contribution in [0.3, 0.4) is 0 Å². The first-order chi connectivity index (χ1) is 8.15. The lowest BCUT2D eigenvalue weighted by Crippen LogP contribution is -2.36. The van der Waals surface area contributed by atoms with Gasteiger partial charge in [-0.1, -0.05) is 23.7 Å². The highest BCUT2D eigenvalue weighted by Crippen LogP contribution is 2.17. The van der Waals surface area contributed by atoms with Crippen LogP contribution >= 0.6 is 11.6 Å². The molecule has 0 spiro atoms. The average Bonchev–Trinajstić information content (AvgIpc) is 2.72. The Morgan fingerprint density at radius 2 is 2.41 bits per heavy atom. The van der Waals surface area contributed by atoms with Gasteiger partial charge in [-0.15, -0.1) is 0 Å². The molecule has 1 aromatic rings. The van der Waals surface area contributed by atoms with Crippen LogP contribution in [0.4, 0.5) is 0 Å². The molecule has 0 aliphatic carbocycles. The minimum atomic E-state index is 0.159. The average molecular weight is 253 g/mol. The molecule has 1 unspecified atom stereocenters. The van der Waals surface area contributed by atoms with E-state index in [2.05, 4.69) is 23.6 Å². The van der Waals surface area contributed by atoms with E-state index in [-0.39, 0.29) is 18.0 Å². The Morgan fingerprint density at radius 1 is 1.59 bits per heavy atom.